The van der Waals surface area contributed by atoms with Gasteiger partial charge in [0.15, 0.2) is 0 Å². The van der Waals surface area contributed by atoms with Gasteiger partial charge >= 0.3 is 0 Å². The highest BCUT2D eigenvalue weighted by Crippen LogP contribution is 2.34. The van der Waals surface area contributed by atoms with E-state index in [2.05, 4.69) is 6.92 Å². The summed E-state index contributed by atoms with van der Waals surface area (Å²) < 4.78 is 18.9. The van der Waals surface area contributed by atoms with Crippen LogP contribution in [0.1, 0.15) is 12.5 Å². The van der Waals surface area contributed by atoms with Gasteiger partial charge in [-0.2, -0.15) is 0 Å². The molecule has 14 heavy (non-hydrogen) atoms. The van der Waals surface area contributed by atoms with E-state index >= 15 is 0 Å². The van der Waals surface area contributed by atoms with Crippen LogP contribution in [0.4, 0.5) is 10.1 Å². The number of aryl methyl sites for hydroxylation is 1. The predicted octanol–water partition coefficient (Wildman–Crippen LogP) is 2.35. The summed E-state index contributed by atoms with van der Waals surface area (Å²) in [6.45, 7) is 4.46. The zero-order chi connectivity index (χ0) is 10.3. The van der Waals surface area contributed by atoms with Gasteiger partial charge in [0.1, 0.15) is 18.2 Å². The molecule has 0 aliphatic carbocycles. The molecule has 0 N–H and O–H groups in total. The molecule has 2 rings (SSSR count). The highest BCUT2D eigenvalue weighted by Gasteiger charge is 2.22. The molecule has 1 unspecified atom stereocenters. The highest BCUT2D eigenvalue weighted by atomic mass is 19.1. The summed E-state index contributed by atoms with van der Waals surface area (Å²) in [5.41, 5.74) is 1.47. The third kappa shape index (κ3) is 1.33. The van der Waals surface area contributed by atoms with Gasteiger partial charge in [0, 0.05) is 13.1 Å². The molecule has 0 saturated carbocycles. The molecule has 2 nitrogen and oxygen atoms in total. The van der Waals surface area contributed by atoms with Crippen LogP contribution in [-0.2, 0) is 0 Å². The van der Waals surface area contributed by atoms with Crippen LogP contribution >= 0.6 is 0 Å². The van der Waals surface area contributed by atoms with Crippen molar-refractivity contribution in [3.05, 3.63) is 23.5 Å². The number of ether oxygens (including phenoxy) is 1. The number of nitrogens with zero attached hydrogens (tertiary/aromatic N) is 1. The maximum absolute atomic E-state index is 13.3. The zero-order valence-electron chi connectivity index (χ0n) is 8.67. The molecular weight excluding hydrogens is 181 g/mol. The number of hydrogen-bond acceptors (Lipinski definition) is 2. The summed E-state index contributed by atoms with van der Waals surface area (Å²) in [7, 11) is 1.96. The average molecular weight is 195 g/mol. The Labute approximate surface area is 83.3 Å². The second-order valence-corrected chi connectivity index (χ2v) is 3.84. The van der Waals surface area contributed by atoms with Gasteiger partial charge < -0.3 is 9.64 Å². The lowest BCUT2D eigenvalue weighted by Gasteiger charge is -2.33. The first kappa shape index (κ1) is 9.31. The monoisotopic (exact) mass is 195 g/mol. The number of benzene rings is 1. The minimum absolute atomic E-state index is 0.173. The minimum Gasteiger partial charge on any atom is -0.489 e. The second kappa shape index (κ2) is 3.15. The maximum Gasteiger partial charge on any atom is 0.143 e. The zero-order valence-corrected chi connectivity index (χ0v) is 8.67. The standard InChI is InChI=1S/C11H14FNO/c1-7-4-11-10(5-9(7)12)13(3)8(2)6-14-11/h4-5,8H,6H2,1-3H3. The lowest BCUT2D eigenvalue weighted by atomic mass is 10.1. The first-order chi connectivity index (χ1) is 6.59. The molecule has 76 valence electrons. The lowest BCUT2D eigenvalue weighted by Crippen LogP contribution is -2.38. The summed E-state index contributed by atoms with van der Waals surface area (Å²) in [5, 5.41) is 0. The molecule has 1 aromatic carbocycles. The molecule has 0 radical (unpaired) electrons. The van der Waals surface area contributed by atoms with Crippen molar-refractivity contribution in [2.75, 3.05) is 18.6 Å². The molecular formula is C11H14FNO. The van der Waals surface area contributed by atoms with E-state index in [4.69, 9.17) is 4.74 Å². The summed E-state index contributed by atoms with van der Waals surface area (Å²) in [4.78, 5) is 2.04. The normalized spacial score (nSPS) is 20.3. The fourth-order valence-corrected chi connectivity index (χ4v) is 1.60. The third-order valence-electron chi connectivity index (χ3n) is 2.76. The summed E-state index contributed by atoms with van der Waals surface area (Å²) in [6, 6.07) is 3.59. The molecule has 0 aromatic heterocycles. The van der Waals surface area contributed by atoms with E-state index < -0.39 is 0 Å². The Balaban J connectivity index is 2.50. The smallest absolute Gasteiger partial charge is 0.143 e. The number of hydrogen-bond donors (Lipinski definition) is 0. The molecule has 0 saturated heterocycles. The second-order valence-electron chi connectivity index (χ2n) is 3.84. The van der Waals surface area contributed by atoms with E-state index in [0.717, 1.165) is 11.4 Å². The Hall–Kier alpha value is -1.25. The quantitative estimate of drug-likeness (QED) is 0.630. The van der Waals surface area contributed by atoms with E-state index in [1.807, 2.05) is 11.9 Å². The Kier molecular flexibility index (Phi) is 2.10. The third-order valence-corrected chi connectivity index (χ3v) is 2.76. The van der Waals surface area contributed by atoms with Crippen molar-refractivity contribution < 1.29 is 9.13 Å². The molecule has 0 spiro atoms. The number of rotatable bonds is 0. The van der Waals surface area contributed by atoms with Gasteiger partial charge in [0.05, 0.1) is 11.7 Å². The molecule has 0 bridgehead atoms. The number of halogens is 1. The molecule has 3 heteroatoms. The maximum atomic E-state index is 13.3. The lowest BCUT2D eigenvalue weighted by molar-refractivity contribution is 0.274. The highest BCUT2D eigenvalue weighted by molar-refractivity contribution is 5.61. The van der Waals surface area contributed by atoms with E-state index in [1.165, 1.54) is 0 Å². The average Bonchev–Trinajstić information content (AvgIpc) is 2.15. The molecule has 1 atom stereocenters. The summed E-state index contributed by atoms with van der Waals surface area (Å²) in [5.74, 6) is 0.609. The Morgan fingerprint density at radius 2 is 2.21 bits per heavy atom. The van der Waals surface area contributed by atoms with Crippen LogP contribution in [0.15, 0.2) is 12.1 Å². The molecule has 1 heterocycles. The minimum atomic E-state index is -0.173. The number of anilines is 1. The Bertz CT molecular complexity index is 365. The molecule has 0 fully saturated rings. The van der Waals surface area contributed by atoms with Crippen molar-refractivity contribution in [1.82, 2.24) is 0 Å². The number of likely N-dealkylation sites (N-methyl/N-ethyl adjacent to an activating group) is 1. The van der Waals surface area contributed by atoms with Crippen molar-refractivity contribution in [3.63, 3.8) is 0 Å². The van der Waals surface area contributed by atoms with Gasteiger partial charge in [0.2, 0.25) is 0 Å². The van der Waals surface area contributed by atoms with Crippen LogP contribution in [0, 0.1) is 12.7 Å². The fraction of sp³-hybridized carbons (Fsp3) is 0.455. The first-order valence-corrected chi connectivity index (χ1v) is 4.75. The summed E-state index contributed by atoms with van der Waals surface area (Å²) in [6.07, 6.45) is 0. The fourth-order valence-electron chi connectivity index (χ4n) is 1.60. The van der Waals surface area contributed by atoms with Crippen molar-refractivity contribution in [2.24, 2.45) is 0 Å². The predicted molar refractivity (Wildman–Crippen MR) is 54.5 cm³/mol. The van der Waals surface area contributed by atoms with Gasteiger partial charge in [-0.15, -0.1) is 0 Å². The Morgan fingerprint density at radius 1 is 1.50 bits per heavy atom. The van der Waals surface area contributed by atoms with Crippen molar-refractivity contribution >= 4 is 5.69 Å². The molecule has 1 aliphatic rings. The SMILES string of the molecule is Cc1cc2c(cc1F)N(C)C(C)CO2. The van der Waals surface area contributed by atoms with Crippen LogP contribution in [0.3, 0.4) is 0 Å². The van der Waals surface area contributed by atoms with Crippen molar-refractivity contribution in [3.8, 4) is 5.75 Å². The van der Waals surface area contributed by atoms with Gasteiger partial charge in [-0.05, 0) is 25.5 Å². The van der Waals surface area contributed by atoms with E-state index in [-0.39, 0.29) is 5.82 Å². The molecule has 1 aromatic rings. The van der Waals surface area contributed by atoms with Crippen molar-refractivity contribution in [2.45, 2.75) is 19.9 Å². The van der Waals surface area contributed by atoms with Crippen LogP contribution in [0.2, 0.25) is 0 Å². The van der Waals surface area contributed by atoms with Crippen LogP contribution in [0.25, 0.3) is 0 Å². The van der Waals surface area contributed by atoms with E-state index in [0.29, 0.717) is 18.2 Å². The van der Waals surface area contributed by atoms with Gasteiger partial charge in [-0.3, -0.25) is 0 Å². The van der Waals surface area contributed by atoms with Gasteiger partial charge in [0.25, 0.3) is 0 Å². The molecule has 1 aliphatic heterocycles. The van der Waals surface area contributed by atoms with Crippen LogP contribution < -0.4 is 9.64 Å². The van der Waals surface area contributed by atoms with Crippen molar-refractivity contribution in [1.29, 1.82) is 0 Å². The van der Waals surface area contributed by atoms with Gasteiger partial charge in [-0.1, -0.05) is 0 Å². The van der Waals surface area contributed by atoms with E-state index in [1.54, 1.807) is 19.1 Å². The summed E-state index contributed by atoms with van der Waals surface area (Å²) >= 11 is 0. The first-order valence-electron chi connectivity index (χ1n) is 4.75. The Morgan fingerprint density at radius 3 is 2.93 bits per heavy atom. The van der Waals surface area contributed by atoms with E-state index in [9.17, 15) is 4.39 Å². The van der Waals surface area contributed by atoms with Gasteiger partial charge in [-0.25, -0.2) is 4.39 Å². The van der Waals surface area contributed by atoms with Crippen LogP contribution in [0.5, 0.6) is 5.75 Å². The van der Waals surface area contributed by atoms with Crippen LogP contribution in [-0.4, -0.2) is 19.7 Å². The number of fused-ring (bicyclic) bond motifs is 1. The molecule has 0 amide bonds. The topological polar surface area (TPSA) is 12.5 Å². The largest absolute Gasteiger partial charge is 0.489 e.